The lowest BCUT2D eigenvalue weighted by molar-refractivity contribution is -0.142. The van der Waals surface area contributed by atoms with E-state index in [1.165, 1.54) is 0 Å². The first kappa shape index (κ1) is 16.7. The van der Waals surface area contributed by atoms with Gasteiger partial charge in [-0.2, -0.15) is 0 Å². The van der Waals surface area contributed by atoms with E-state index in [0.717, 1.165) is 6.42 Å². The largest absolute Gasteiger partial charge is 0.480 e. The molecule has 6 nitrogen and oxygen atoms in total. The Balaban J connectivity index is 4.44. The molecule has 18 heavy (non-hydrogen) atoms. The van der Waals surface area contributed by atoms with E-state index < -0.39 is 29.8 Å². The van der Waals surface area contributed by atoms with E-state index in [0.29, 0.717) is 12.8 Å². The fraction of sp³-hybridized carbons (Fsp3) is 0.833. The molecule has 0 saturated heterocycles. The van der Waals surface area contributed by atoms with Crippen molar-refractivity contribution in [2.45, 2.75) is 64.7 Å². The van der Waals surface area contributed by atoms with Crippen molar-refractivity contribution in [3.8, 4) is 0 Å². The minimum atomic E-state index is -1.34. The fourth-order valence-corrected chi connectivity index (χ4v) is 1.34. The third-order valence-electron chi connectivity index (χ3n) is 2.18. The molecule has 0 bridgehead atoms. The summed E-state index contributed by atoms with van der Waals surface area (Å²) in [6.45, 7) is 6.96. The lowest BCUT2D eigenvalue weighted by Gasteiger charge is -2.24. The summed E-state index contributed by atoms with van der Waals surface area (Å²) in [4.78, 5) is 22.4. The van der Waals surface area contributed by atoms with Crippen molar-refractivity contribution >= 4 is 12.1 Å². The zero-order valence-corrected chi connectivity index (χ0v) is 11.4. The first-order valence-electron chi connectivity index (χ1n) is 6.07. The van der Waals surface area contributed by atoms with Crippen LogP contribution in [0, 0.1) is 0 Å². The van der Waals surface area contributed by atoms with Gasteiger partial charge in [-0.05, 0) is 27.2 Å². The zero-order valence-electron chi connectivity index (χ0n) is 11.4. The normalized spacial score (nSPS) is 14.7. The van der Waals surface area contributed by atoms with Crippen molar-refractivity contribution < 1.29 is 24.5 Å². The number of aliphatic hydroxyl groups is 1. The van der Waals surface area contributed by atoms with Gasteiger partial charge in [0.1, 0.15) is 5.60 Å². The number of carboxylic acid groups (broad SMARTS) is 1. The second-order valence-corrected chi connectivity index (χ2v) is 5.17. The molecule has 0 heterocycles. The molecule has 0 unspecified atom stereocenters. The molecule has 0 radical (unpaired) electrons. The molecule has 106 valence electrons. The summed E-state index contributed by atoms with van der Waals surface area (Å²) in [7, 11) is 0. The van der Waals surface area contributed by atoms with Crippen molar-refractivity contribution in [2.24, 2.45) is 0 Å². The van der Waals surface area contributed by atoms with Crippen LogP contribution in [0.25, 0.3) is 0 Å². The summed E-state index contributed by atoms with van der Waals surface area (Å²) in [6.07, 6.45) is -0.0968. The predicted molar refractivity (Wildman–Crippen MR) is 66.3 cm³/mol. The zero-order chi connectivity index (χ0) is 14.3. The Morgan fingerprint density at radius 2 is 1.89 bits per heavy atom. The molecule has 0 aromatic rings. The Morgan fingerprint density at radius 3 is 2.28 bits per heavy atom. The maximum absolute atomic E-state index is 11.4. The van der Waals surface area contributed by atoms with E-state index in [4.69, 9.17) is 9.84 Å². The summed E-state index contributed by atoms with van der Waals surface area (Å²) in [5.74, 6) is -1.27. The van der Waals surface area contributed by atoms with Gasteiger partial charge in [0.05, 0.1) is 6.10 Å². The molecule has 2 atom stereocenters. The molecule has 0 fully saturated rings. The molecule has 0 aromatic heterocycles. The third kappa shape index (κ3) is 7.11. The number of nitrogens with one attached hydrogen (secondary N) is 1. The van der Waals surface area contributed by atoms with Crippen molar-refractivity contribution in [3.63, 3.8) is 0 Å². The molecular weight excluding hydrogens is 238 g/mol. The number of carboxylic acids is 1. The molecule has 0 saturated carbocycles. The maximum Gasteiger partial charge on any atom is 0.408 e. The number of amides is 1. The highest BCUT2D eigenvalue weighted by Crippen LogP contribution is 2.09. The van der Waals surface area contributed by atoms with Crippen LogP contribution in [0.15, 0.2) is 0 Å². The van der Waals surface area contributed by atoms with Crippen LogP contribution in [-0.4, -0.2) is 40.0 Å². The Morgan fingerprint density at radius 1 is 1.33 bits per heavy atom. The fourth-order valence-electron chi connectivity index (χ4n) is 1.34. The van der Waals surface area contributed by atoms with Crippen LogP contribution in [0.5, 0.6) is 0 Å². The second kappa shape index (κ2) is 7.20. The number of carbonyl (C=O) groups is 2. The van der Waals surface area contributed by atoms with E-state index >= 15 is 0 Å². The van der Waals surface area contributed by atoms with Crippen LogP contribution in [0.2, 0.25) is 0 Å². The van der Waals surface area contributed by atoms with Gasteiger partial charge in [-0.15, -0.1) is 0 Å². The predicted octanol–water partition coefficient (Wildman–Crippen LogP) is 1.52. The van der Waals surface area contributed by atoms with Crippen LogP contribution in [0.1, 0.15) is 47.0 Å². The number of rotatable bonds is 6. The highest BCUT2D eigenvalue weighted by atomic mass is 16.6. The van der Waals surface area contributed by atoms with E-state index in [1.807, 2.05) is 6.92 Å². The number of carbonyl (C=O) groups excluding carboxylic acids is 1. The summed E-state index contributed by atoms with van der Waals surface area (Å²) < 4.78 is 4.95. The van der Waals surface area contributed by atoms with Gasteiger partial charge in [-0.1, -0.05) is 19.8 Å². The highest BCUT2D eigenvalue weighted by Gasteiger charge is 2.29. The van der Waals surface area contributed by atoms with Crippen molar-refractivity contribution in [1.82, 2.24) is 5.32 Å². The summed E-state index contributed by atoms with van der Waals surface area (Å²) in [5.41, 5.74) is -0.707. The number of aliphatic carboxylic acids is 1. The smallest absolute Gasteiger partial charge is 0.408 e. The molecule has 0 rings (SSSR count). The van der Waals surface area contributed by atoms with Gasteiger partial charge >= 0.3 is 12.1 Å². The minimum Gasteiger partial charge on any atom is -0.480 e. The molecule has 1 amide bonds. The minimum absolute atomic E-state index is 0.323. The van der Waals surface area contributed by atoms with Gasteiger partial charge in [0.25, 0.3) is 0 Å². The van der Waals surface area contributed by atoms with Crippen LogP contribution in [-0.2, 0) is 9.53 Å². The lowest BCUT2D eigenvalue weighted by atomic mass is 10.1. The maximum atomic E-state index is 11.4. The summed E-state index contributed by atoms with van der Waals surface area (Å²) >= 11 is 0. The first-order valence-corrected chi connectivity index (χ1v) is 6.07. The van der Waals surface area contributed by atoms with Gasteiger partial charge in [0.15, 0.2) is 6.04 Å². The molecule has 0 aromatic carbocycles. The Labute approximate surface area is 107 Å². The van der Waals surface area contributed by atoms with E-state index in [-0.39, 0.29) is 0 Å². The number of ether oxygens (including phenoxy) is 1. The van der Waals surface area contributed by atoms with Crippen LogP contribution in [0.3, 0.4) is 0 Å². The molecule has 0 spiro atoms. The summed E-state index contributed by atoms with van der Waals surface area (Å²) in [6, 6.07) is -1.34. The highest BCUT2D eigenvalue weighted by molar-refractivity contribution is 5.80. The number of unbranched alkanes of at least 4 members (excludes halogenated alkanes) is 1. The summed E-state index contributed by atoms with van der Waals surface area (Å²) in [5, 5.41) is 20.8. The quantitative estimate of drug-likeness (QED) is 0.673. The molecular formula is C12H23NO5. The Bertz CT molecular complexity index is 285. The number of aliphatic hydroxyl groups excluding tert-OH is 1. The van der Waals surface area contributed by atoms with E-state index in [1.54, 1.807) is 20.8 Å². The second-order valence-electron chi connectivity index (χ2n) is 5.17. The monoisotopic (exact) mass is 261 g/mol. The van der Waals surface area contributed by atoms with Gasteiger partial charge in [0, 0.05) is 0 Å². The SMILES string of the molecule is CCCC[C@@H](O)[C@H](NC(=O)OC(C)(C)C)C(=O)O. The van der Waals surface area contributed by atoms with E-state index in [2.05, 4.69) is 5.32 Å². The van der Waals surface area contributed by atoms with Crippen LogP contribution < -0.4 is 5.32 Å². The van der Waals surface area contributed by atoms with Crippen molar-refractivity contribution in [2.75, 3.05) is 0 Å². The Kier molecular flexibility index (Phi) is 6.68. The average molecular weight is 261 g/mol. The van der Waals surface area contributed by atoms with Crippen molar-refractivity contribution in [1.29, 1.82) is 0 Å². The molecule has 0 aliphatic carbocycles. The van der Waals surface area contributed by atoms with Gasteiger partial charge in [-0.3, -0.25) is 0 Å². The van der Waals surface area contributed by atoms with E-state index in [9.17, 15) is 14.7 Å². The van der Waals surface area contributed by atoms with Gasteiger partial charge in [-0.25, -0.2) is 9.59 Å². The average Bonchev–Trinajstić information content (AvgIpc) is 2.19. The van der Waals surface area contributed by atoms with Crippen LogP contribution >= 0.6 is 0 Å². The topological polar surface area (TPSA) is 95.9 Å². The molecule has 3 N–H and O–H groups in total. The molecule has 0 aliphatic rings. The Hall–Kier alpha value is -1.30. The third-order valence-corrected chi connectivity index (χ3v) is 2.18. The van der Waals surface area contributed by atoms with Gasteiger partial charge < -0.3 is 20.3 Å². The standard InChI is InChI=1S/C12H23NO5/c1-5-6-7-8(14)9(10(15)16)13-11(17)18-12(2,3)4/h8-9,14H,5-7H2,1-4H3,(H,13,17)(H,15,16)/t8-,9+/m1/s1. The lowest BCUT2D eigenvalue weighted by Crippen LogP contribution is -2.50. The molecule has 0 aliphatic heterocycles. The van der Waals surface area contributed by atoms with Gasteiger partial charge in [0.2, 0.25) is 0 Å². The van der Waals surface area contributed by atoms with Crippen LogP contribution in [0.4, 0.5) is 4.79 Å². The first-order chi connectivity index (χ1) is 8.17. The molecule has 6 heteroatoms. The number of hydrogen-bond donors (Lipinski definition) is 3. The number of hydrogen-bond acceptors (Lipinski definition) is 4. The van der Waals surface area contributed by atoms with Crippen molar-refractivity contribution in [3.05, 3.63) is 0 Å². The number of alkyl carbamates (subject to hydrolysis) is 1.